The minimum atomic E-state index is -4.49. The number of alkyl halides is 3. The molecule has 0 atom stereocenters. The molecule has 0 saturated heterocycles. The molecule has 7 rings (SSSR count). The van der Waals surface area contributed by atoms with Gasteiger partial charge in [-0.3, -0.25) is 0 Å². The molecule has 5 aromatic rings. The second-order valence-electron chi connectivity index (χ2n) is 10.7. The minimum Gasteiger partial charge on any atom is -0.480 e. The predicted octanol–water partition coefficient (Wildman–Crippen LogP) is 5.52. The first kappa shape index (κ1) is 25.6. The van der Waals surface area contributed by atoms with Gasteiger partial charge in [-0.2, -0.15) is 18.3 Å². The van der Waals surface area contributed by atoms with E-state index in [-0.39, 0.29) is 5.82 Å². The monoisotopic (exact) mass is 560 g/mol. The lowest BCUT2D eigenvalue weighted by Gasteiger charge is -2.12. The number of rotatable bonds is 6. The Morgan fingerprint density at radius 2 is 1.73 bits per heavy atom. The molecule has 9 nitrogen and oxygen atoms in total. The molecule has 2 aliphatic carbocycles. The van der Waals surface area contributed by atoms with E-state index in [9.17, 15) is 13.2 Å². The average Bonchev–Trinajstić information content (AvgIpc) is 3.69. The Kier molecular flexibility index (Phi) is 6.02. The summed E-state index contributed by atoms with van der Waals surface area (Å²) in [6, 6.07) is 7.35. The van der Waals surface area contributed by atoms with Crippen molar-refractivity contribution in [3.05, 3.63) is 65.1 Å². The van der Waals surface area contributed by atoms with Crippen LogP contribution >= 0.6 is 0 Å². The number of imidazole rings is 1. The van der Waals surface area contributed by atoms with E-state index < -0.39 is 11.9 Å². The zero-order valence-corrected chi connectivity index (χ0v) is 22.6. The maximum atomic E-state index is 13.2. The summed E-state index contributed by atoms with van der Waals surface area (Å²) in [5, 5.41) is 5.96. The fourth-order valence-electron chi connectivity index (χ4n) is 5.60. The molecule has 210 valence electrons. The molecule has 0 radical (unpaired) electrons. The Labute approximate surface area is 233 Å². The molecule has 41 heavy (non-hydrogen) atoms. The van der Waals surface area contributed by atoms with Gasteiger partial charge in [0.25, 0.3) is 0 Å². The lowest BCUT2D eigenvalue weighted by molar-refractivity contribution is -0.140. The van der Waals surface area contributed by atoms with Gasteiger partial charge in [-0.25, -0.2) is 29.6 Å². The number of aryl methyl sites for hydroxylation is 3. The Balaban J connectivity index is 1.28. The van der Waals surface area contributed by atoms with Gasteiger partial charge in [0.15, 0.2) is 17.2 Å². The SMILES string of the molecule is COc1ncnc(C2CC2)c1-c1nc2c3c(nn(Cc4ccc(-c5nc(C(F)(F)F)cn5C)cc4)c3n1)CCCC2. The zero-order chi connectivity index (χ0) is 28.3. The van der Waals surface area contributed by atoms with Gasteiger partial charge in [-0.1, -0.05) is 24.3 Å². The summed E-state index contributed by atoms with van der Waals surface area (Å²) in [6.45, 7) is 0.443. The van der Waals surface area contributed by atoms with E-state index in [1.807, 2.05) is 16.8 Å². The van der Waals surface area contributed by atoms with E-state index in [1.165, 1.54) is 10.9 Å². The Morgan fingerprint density at radius 3 is 2.41 bits per heavy atom. The first-order valence-electron chi connectivity index (χ1n) is 13.7. The number of methoxy groups -OCH3 is 1. The van der Waals surface area contributed by atoms with Crippen molar-refractivity contribution in [3.63, 3.8) is 0 Å². The van der Waals surface area contributed by atoms with Crippen LogP contribution in [0, 0.1) is 0 Å². The van der Waals surface area contributed by atoms with Crippen molar-refractivity contribution >= 4 is 11.0 Å². The molecule has 0 N–H and O–H groups in total. The highest BCUT2D eigenvalue weighted by Gasteiger charge is 2.35. The van der Waals surface area contributed by atoms with Gasteiger partial charge in [-0.05, 0) is 44.1 Å². The van der Waals surface area contributed by atoms with Crippen LogP contribution in [0.25, 0.3) is 33.8 Å². The largest absolute Gasteiger partial charge is 0.480 e. The molecule has 12 heteroatoms. The van der Waals surface area contributed by atoms with Crippen molar-refractivity contribution in [3.8, 4) is 28.7 Å². The number of hydrogen-bond donors (Lipinski definition) is 0. The van der Waals surface area contributed by atoms with E-state index in [2.05, 4.69) is 15.0 Å². The lowest BCUT2D eigenvalue weighted by Crippen LogP contribution is -2.07. The Morgan fingerprint density at radius 1 is 0.976 bits per heavy atom. The van der Waals surface area contributed by atoms with E-state index in [0.29, 0.717) is 29.7 Å². The number of halogens is 3. The molecule has 0 amide bonds. The van der Waals surface area contributed by atoms with Gasteiger partial charge in [0.2, 0.25) is 5.88 Å². The van der Waals surface area contributed by atoms with Gasteiger partial charge in [0.1, 0.15) is 17.7 Å². The van der Waals surface area contributed by atoms with Crippen molar-refractivity contribution in [2.75, 3.05) is 7.11 Å². The van der Waals surface area contributed by atoms with Crippen LogP contribution in [-0.4, -0.2) is 46.4 Å². The summed E-state index contributed by atoms with van der Waals surface area (Å²) in [5.41, 5.74) is 5.00. The van der Waals surface area contributed by atoms with Crippen LogP contribution in [-0.2, 0) is 32.6 Å². The molecule has 0 aliphatic heterocycles. The third-order valence-electron chi connectivity index (χ3n) is 7.75. The quantitative estimate of drug-likeness (QED) is 0.270. The molecular formula is C29H27F3N8O. The number of nitrogens with zero attached hydrogens (tertiary/aromatic N) is 8. The minimum absolute atomic E-state index is 0.255. The van der Waals surface area contributed by atoms with Crippen LogP contribution < -0.4 is 4.74 Å². The molecule has 0 unspecified atom stereocenters. The van der Waals surface area contributed by atoms with Gasteiger partial charge < -0.3 is 9.30 Å². The number of hydrogen-bond acceptors (Lipinski definition) is 7. The van der Waals surface area contributed by atoms with E-state index in [0.717, 1.165) is 84.0 Å². The van der Waals surface area contributed by atoms with Crippen molar-refractivity contribution < 1.29 is 17.9 Å². The summed E-state index contributed by atoms with van der Waals surface area (Å²) >= 11 is 0. The van der Waals surface area contributed by atoms with Crippen LogP contribution in [0.15, 0.2) is 36.8 Å². The molecule has 2 aliphatic rings. The maximum absolute atomic E-state index is 13.2. The van der Waals surface area contributed by atoms with Crippen LogP contribution in [0.4, 0.5) is 13.2 Å². The zero-order valence-electron chi connectivity index (χ0n) is 22.6. The van der Waals surface area contributed by atoms with Gasteiger partial charge >= 0.3 is 6.18 Å². The third kappa shape index (κ3) is 4.60. The number of ether oxygens (including phenoxy) is 1. The Hall–Kier alpha value is -4.35. The third-order valence-corrected chi connectivity index (χ3v) is 7.75. The summed E-state index contributed by atoms with van der Waals surface area (Å²) < 4.78 is 48.4. The molecule has 1 fully saturated rings. The first-order valence-corrected chi connectivity index (χ1v) is 13.7. The molecule has 4 aromatic heterocycles. The normalized spacial score (nSPS) is 15.3. The highest BCUT2D eigenvalue weighted by atomic mass is 19.4. The van der Waals surface area contributed by atoms with Gasteiger partial charge in [0, 0.05) is 24.7 Å². The first-order chi connectivity index (χ1) is 19.8. The van der Waals surface area contributed by atoms with Crippen LogP contribution in [0.3, 0.4) is 0 Å². The van der Waals surface area contributed by atoms with Crippen molar-refractivity contribution in [2.24, 2.45) is 7.05 Å². The molecule has 0 bridgehead atoms. The second-order valence-corrected chi connectivity index (χ2v) is 10.7. The van der Waals surface area contributed by atoms with Crippen LogP contribution in [0.5, 0.6) is 5.88 Å². The standard InChI is InChI=1S/C29H27F3N8O/c1-39-14-21(29(30,31)32)36-26(39)18-9-7-16(8-10-18)13-40-27-22-19(5-3-4-6-20(22)38-40)35-25(37-27)23-24(17-11-12-17)33-15-34-28(23)41-2/h7-10,14-15,17H,3-6,11-13H2,1-2H3. The van der Waals surface area contributed by atoms with Gasteiger partial charge in [-0.15, -0.1) is 0 Å². The van der Waals surface area contributed by atoms with E-state index in [1.54, 1.807) is 26.3 Å². The molecule has 1 saturated carbocycles. The summed E-state index contributed by atoms with van der Waals surface area (Å²) in [4.78, 5) is 22.8. The topological polar surface area (TPSA) is 96.4 Å². The number of benzene rings is 1. The molecule has 1 aromatic carbocycles. The van der Waals surface area contributed by atoms with Crippen LogP contribution in [0.2, 0.25) is 0 Å². The smallest absolute Gasteiger partial charge is 0.434 e. The lowest BCUT2D eigenvalue weighted by atomic mass is 10.1. The molecule has 0 spiro atoms. The van der Waals surface area contributed by atoms with Crippen molar-refractivity contribution in [1.29, 1.82) is 0 Å². The molecule has 4 heterocycles. The van der Waals surface area contributed by atoms with Crippen molar-refractivity contribution in [2.45, 2.75) is 57.2 Å². The van der Waals surface area contributed by atoms with Crippen LogP contribution in [0.1, 0.15) is 59.9 Å². The summed E-state index contributed by atoms with van der Waals surface area (Å²) in [7, 11) is 3.15. The van der Waals surface area contributed by atoms with E-state index in [4.69, 9.17) is 19.8 Å². The fourth-order valence-corrected chi connectivity index (χ4v) is 5.60. The highest BCUT2D eigenvalue weighted by molar-refractivity contribution is 5.84. The average molecular weight is 561 g/mol. The maximum Gasteiger partial charge on any atom is 0.434 e. The molecular weight excluding hydrogens is 533 g/mol. The summed E-state index contributed by atoms with van der Waals surface area (Å²) in [5.74, 6) is 1.62. The second kappa shape index (κ2) is 9.64. The predicted molar refractivity (Wildman–Crippen MR) is 144 cm³/mol. The highest BCUT2D eigenvalue weighted by Crippen LogP contribution is 2.45. The number of aromatic nitrogens is 8. The van der Waals surface area contributed by atoms with Crippen molar-refractivity contribution in [1.82, 2.24) is 39.3 Å². The fraction of sp³-hybridized carbons (Fsp3) is 0.379. The van der Waals surface area contributed by atoms with E-state index >= 15 is 0 Å². The van der Waals surface area contributed by atoms with Gasteiger partial charge in [0.05, 0.1) is 36.1 Å². The Bertz CT molecular complexity index is 1770. The summed E-state index contributed by atoms with van der Waals surface area (Å²) in [6.07, 6.45) is 3.89.